The van der Waals surface area contributed by atoms with Crippen LogP contribution in [0.4, 0.5) is 0 Å². The molecule has 0 spiro atoms. The molecule has 4 nitrogen and oxygen atoms in total. The zero-order valence-electron chi connectivity index (χ0n) is 9.41. The normalized spacial score (nSPS) is 25.9. The quantitative estimate of drug-likeness (QED) is 0.828. The van der Waals surface area contributed by atoms with Crippen molar-refractivity contribution in [1.29, 1.82) is 0 Å². The third kappa shape index (κ3) is 1.99. The predicted octanol–water partition coefficient (Wildman–Crippen LogP) is 1.28. The van der Waals surface area contributed by atoms with E-state index in [1.807, 2.05) is 0 Å². The van der Waals surface area contributed by atoms with Crippen molar-refractivity contribution in [3.63, 3.8) is 0 Å². The summed E-state index contributed by atoms with van der Waals surface area (Å²) < 4.78 is 0. The highest BCUT2D eigenvalue weighted by atomic mass is 32.1. The number of hydrogen-bond donors (Lipinski definition) is 1. The van der Waals surface area contributed by atoms with Crippen LogP contribution in [0, 0.1) is 5.41 Å². The van der Waals surface area contributed by atoms with Crippen LogP contribution in [-0.4, -0.2) is 34.7 Å². The molecule has 0 bridgehead atoms. The molecule has 0 unspecified atom stereocenters. The van der Waals surface area contributed by atoms with Gasteiger partial charge in [-0.3, -0.25) is 4.79 Å². The summed E-state index contributed by atoms with van der Waals surface area (Å²) in [5.41, 5.74) is 0.216. The van der Waals surface area contributed by atoms with Crippen molar-refractivity contribution < 1.29 is 0 Å². The van der Waals surface area contributed by atoms with Crippen LogP contribution in [-0.2, 0) is 0 Å². The van der Waals surface area contributed by atoms with Crippen LogP contribution in [0.15, 0.2) is 4.79 Å². The molecule has 0 amide bonds. The van der Waals surface area contributed by atoms with E-state index < -0.39 is 0 Å². The average Bonchev–Trinajstić information content (AvgIpc) is 2.69. The lowest BCUT2D eigenvalue weighted by molar-refractivity contribution is 0.298. The van der Waals surface area contributed by atoms with Crippen molar-refractivity contribution >= 4 is 11.3 Å². The Hall–Kier alpha value is -0.680. The average molecular weight is 227 g/mol. The summed E-state index contributed by atoms with van der Waals surface area (Å²) in [6.07, 6.45) is 0. The van der Waals surface area contributed by atoms with Gasteiger partial charge in [0.2, 0.25) is 0 Å². The summed E-state index contributed by atoms with van der Waals surface area (Å²) in [7, 11) is 0. The van der Waals surface area contributed by atoms with Crippen LogP contribution >= 0.6 is 11.3 Å². The molecule has 0 aromatic carbocycles. The summed E-state index contributed by atoms with van der Waals surface area (Å²) in [4.78, 5) is 13.5. The fraction of sp³-hybridized carbons (Fsp3) is 0.800. The smallest absolute Gasteiger partial charge is 0.302 e. The molecule has 1 fully saturated rings. The molecule has 2 heterocycles. The van der Waals surface area contributed by atoms with Crippen molar-refractivity contribution in [2.45, 2.75) is 26.7 Å². The van der Waals surface area contributed by atoms with Gasteiger partial charge in [0.05, 0.1) is 0 Å². The third-order valence-electron chi connectivity index (χ3n) is 3.22. The van der Waals surface area contributed by atoms with Crippen molar-refractivity contribution in [1.82, 2.24) is 15.1 Å². The second-order valence-electron chi connectivity index (χ2n) is 4.82. The van der Waals surface area contributed by atoms with E-state index in [0.717, 1.165) is 24.6 Å². The minimum absolute atomic E-state index is 0.0456. The molecule has 5 heteroatoms. The summed E-state index contributed by atoms with van der Waals surface area (Å²) >= 11 is 1.25. The van der Waals surface area contributed by atoms with E-state index in [0.29, 0.717) is 5.92 Å². The fourth-order valence-corrected chi connectivity index (χ4v) is 3.21. The van der Waals surface area contributed by atoms with Crippen LogP contribution < -0.4 is 4.87 Å². The van der Waals surface area contributed by atoms with Crippen LogP contribution in [0.5, 0.6) is 0 Å². The number of hydrogen-bond acceptors (Lipinski definition) is 4. The highest BCUT2D eigenvalue weighted by Gasteiger charge is 2.41. The molecule has 1 saturated heterocycles. The largest absolute Gasteiger partial charge is 0.322 e. The Labute approximate surface area is 93.3 Å². The van der Waals surface area contributed by atoms with Gasteiger partial charge in [0.15, 0.2) is 0 Å². The fourth-order valence-electron chi connectivity index (χ4n) is 2.30. The summed E-state index contributed by atoms with van der Waals surface area (Å²) in [5.74, 6) is 0.390. The first-order valence-corrected chi connectivity index (χ1v) is 6.12. The van der Waals surface area contributed by atoms with E-state index in [9.17, 15) is 4.79 Å². The lowest BCUT2D eigenvalue weighted by Crippen LogP contribution is -2.23. The molecule has 0 radical (unpaired) electrons. The molecule has 15 heavy (non-hydrogen) atoms. The van der Waals surface area contributed by atoms with E-state index in [4.69, 9.17) is 0 Å². The van der Waals surface area contributed by atoms with Gasteiger partial charge in [0.1, 0.15) is 5.01 Å². The molecule has 84 valence electrons. The second kappa shape index (κ2) is 3.72. The Bertz CT molecular complexity index is 395. The van der Waals surface area contributed by atoms with Crippen molar-refractivity contribution in [2.24, 2.45) is 5.41 Å². The maximum atomic E-state index is 11.1. The number of aromatic amines is 1. The number of nitrogens with one attached hydrogen (secondary N) is 1. The maximum Gasteiger partial charge on any atom is 0.322 e. The topological polar surface area (TPSA) is 49.0 Å². The minimum Gasteiger partial charge on any atom is -0.302 e. The molecule has 1 aliphatic rings. The molecule has 1 aromatic rings. The van der Waals surface area contributed by atoms with Crippen molar-refractivity contribution in [3.8, 4) is 0 Å². The standard InChI is InChI=1S/C10H17N3OS/c1-4-13-5-7(10(2,3)6-13)8-11-12-9(14)15-8/h7H,4-6H2,1-3H3,(H,12,14)/t7-/m1/s1. The molecule has 0 aliphatic carbocycles. The van der Waals surface area contributed by atoms with Crippen LogP contribution in [0.3, 0.4) is 0 Å². The second-order valence-corrected chi connectivity index (χ2v) is 5.81. The number of aromatic nitrogens is 2. The Morgan fingerprint density at radius 2 is 2.40 bits per heavy atom. The Morgan fingerprint density at radius 3 is 2.87 bits per heavy atom. The Balaban J connectivity index is 2.26. The van der Waals surface area contributed by atoms with Gasteiger partial charge in [0, 0.05) is 19.0 Å². The Morgan fingerprint density at radius 1 is 1.67 bits per heavy atom. The van der Waals surface area contributed by atoms with Crippen molar-refractivity contribution in [3.05, 3.63) is 14.7 Å². The summed E-state index contributed by atoms with van der Waals surface area (Å²) in [5, 5.41) is 7.59. The van der Waals surface area contributed by atoms with Crippen LogP contribution in [0.2, 0.25) is 0 Å². The van der Waals surface area contributed by atoms with E-state index in [1.54, 1.807) is 0 Å². The van der Waals surface area contributed by atoms with Gasteiger partial charge < -0.3 is 4.90 Å². The van der Waals surface area contributed by atoms with Gasteiger partial charge in [-0.05, 0) is 12.0 Å². The van der Waals surface area contributed by atoms with Gasteiger partial charge in [-0.2, -0.15) is 5.10 Å². The highest BCUT2D eigenvalue weighted by Crippen LogP contribution is 2.41. The lowest BCUT2D eigenvalue weighted by atomic mass is 9.82. The number of likely N-dealkylation sites (N-methyl/N-ethyl adjacent to an activating group) is 1. The molecular weight excluding hydrogens is 210 g/mol. The first kappa shape index (κ1) is 10.8. The SMILES string of the molecule is CCN1C[C@H](c2n[nH]c(=O)s2)C(C)(C)C1. The molecular formula is C10H17N3OS. The van der Waals surface area contributed by atoms with Crippen LogP contribution in [0.25, 0.3) is 0 Å². The van der Waals surface area contributed by atoms with E-state index >= 15 is 0 Å². The number of nitrogens with zero attached hydrogens (tertiary/aromatic N) is 2. The van der Waals surface area contributed by atoms with E-state index in [1.165, 1.54) is 11.3 Å². The lowest BCUT2D eigenvalue weighted by Gasteiger charge is -2.23. The summed E-state index contributed by atoms with van der Waals surface area (Å²) in [6.45, 7) is 9.84. The van der Waals surface area contributed by atoms with Crippen molar-refractivity contribution in [2.75, 3.05) is 19.6 Å². The monoisotopic (exact) mass is 227 g/mol. The van der Waals surface area contributed by atoms with E-state index in [2.05, 4.69) is 35.9 Å². The van der Waals surface area contributed by atoms with Gasteiger partial charge in [0.25, 0.3) is 0 Å². The summed E-state index contributed by atoms with van der Waals surface area (Å²) in [6, 6.07) is 0. The van der Waals surface area contributed by atoms with Gasteiger partial charge in [-0.25, -0.2) is 5.10 Å². The number of H-pyrrole nitrogens is 1. The highest BCUT2D eigenvalue weighted by molar-refractivity contribution is 7.08. The molecule has 1 aromatic heterocycles. The zero-order valence-corrected chi connectivity index (χ0v) is 10.2. The van der Waals surface area contributed by atoms with Gasteiger partial charge in [-0.15, -0.1) is 0 Å². The predicted molar refractivity (Wildman–Crippen MR) is 61.4 cm³/mol. The molecule has 0 saturated carbocycles. The van der Waals surface area contributed by atoms with Crippen LogP contribution in [0.1, 0.15) is 31.7 Å². The zero-order chi connectivity index (χ0) is 11.1. The maximum absolute atomic E-state index is 11.1. The Kier molecular flexibility index (Phi) is 2.68. The number of likely N-dealkylation sites (tertiary alicyclic amines) is 1. The minimum atomic E-state index is -0.0456. The molecule has 1 N–H and O–H groups in total. The van der Waals surface area contributed by atoms with Gasteiger partial charge in [-0.1, -0.05) is 32.1 Å². The molecule has 1 aliphatic heterocycles. The first-order chi connectivity index (χ1) is 7.03. The molecule has 2 rings (SSSR count). The number of rotatable bonds is 2. The molecule has 1 atom stereocenters. The van der Waals surface area contributed by atoms with E-state index in [-0.39, 0.29) is 10.3 Å². The van der Waals surface area contributed by atoms with Gasteiger partial charge >= 0.3 is 4.87 Å². The first-order valence-electron chi connectivity index (χ1n) is 5.30. The third-order valence-corrected chi connectivity index (χ3v) is 4.08.